The molecule has 15 heteroatoms. The van der Waals surface area contributed by atoms with Crippen LogP contribution >= 0.6 is 0 Å². The first kappa shape index (κ1) is 39.8. The van der Waals surface area contributed by atoms with Crippen LogP contribution in [-0.2, 0) is 43.4 Å². The van der Waals surface area contributed by atoms with Gasteiger partial charge in [-0.25, -0.2) is 9.78 Å². The topological polar surface area (TPSA) is 178 Å². The molecule has 0 fully saturated rings. The molecule has 0 saturated heterocycles. The lowest BCUT2D eigenvalue weighted by Crippen LogP contribution is -2.59. The zero-order valence-electron chi connectivity index (χ0n) is 29.6. The van der Waals surface area contributed by atoms with E-state index in [1.165, 1.54) is 0 Å². The lowest BCUT2D eigenvalue weighted by Gasteiger charge is -2.30. The number of aliphatic hydroxyl groups is 1. The van der Waals surface area contributed by atoms with Crippen LogP contribution in [0.3, 0.4) is 0 Å². The normalized spacial score (nSPS) is 12.6. The number of hydrogen-bond acceptors (Lipinski definition) is 9. The molecule has 0 aliphatic carbocycles. The van der Waals surface area contributed by atoms with E-state index in [4.69, 9.17) is 9.47 Å². The van der Waals surface area contributed by atoms with E-state index in [9.17, 15) is 29.1 Å². The summed E-state index contributed by atoms with van der Waals surface area (Å²) in [6.45, 7) is 4.70. The number of ether oxygens (including phenoxy) is 2. The van der Waals surface area contributed by atoms with Crippen LogP contribution in [0.5, 0.6) is 0 Å². The Morgan fingerprint density at radius 3 is 2.19 bits per heavy atom. The fourth-order valence-corrected chi connectivity index (χ4v) is 5.15. The van der Waals surface area contributed by atoms with Crippen LogP contribution < -0.4 is 21.5 Å². The highest BCUT2D eigenvalue weighted by Crippen LogP contribution is 2.24. The first-order chi connectivity index (χ1) is 25.0. The molecule has 2 atom stereocenters. The van der Waals surface area contributed by atoms with Gasteiger partial charge in [-0.05, 0) is 51.3 Å². The summed E-state index contributed by atoms with van der Waals surface area (Å²) in [5.41, 5.74) is 0.230. The molecule has 3 amide bonds. The smallest absolute Gasteiger partial charge is 0.412 e. The summed E-state index contributed by atoms with van der Waals surface area (Å²) >= 11 is 0. The van der Waals surface area contributed by atoms with Crippen molar-refractivity contribution in [1.82, 2.24) is 20.2 Å². The molecule has 0 aliphatic heterocycles. The van der Waals surface area contributed by atoms with Crippen molar-refractivity contribution < 1.29 is 42.5 Å². The van der Waals surface area contributed by atoms with Gasteiger partial charge in [0.15, 0.2) is 0 Å². The van der Waals surface area contributed by atoms with Gasteiger partial charge in [-0.15, -0.1) is 0 Å². The molecule has 1 aromatic heterocycles. The Morgan fingerprint density at radius 1 is 0.925 bits per heavy atom. The van der Waals surface area contributed by atoms with Gasteiger partial charge in [0, 0.05) is 5.56 Å². The van der Waals surface area contributed by atoms with E-state index < -0.39 is 66.2 Å². The molecule has 4 N–H and O–H groups in total. The number of benzene rings is 3. The molecule has 0 spiro atoms. The molecule has 4 aromatic rings. The summed E-state index contributed by atoms with van der Waals surface area (Å²) in [7, 11) is 0. The molecule has 13 nitrogen and oxygen atoms in total. The molecule has 0 bridgehead atoms. The summed E-state index contributed by atoms with van der Waals surface area (Å²) in [5.74, 6) is -8.43. The Morgan fingerprint density at radius 2 is 1.57 bits per heavy atom. The number of alkyl halides is 2. The molecule has 2 unspecified atom stereocenters. The van der Waals surface area contributed by atoms with Gasteiger partial charge in [-0.1, -0.05) is 84.4 Å². The second-order valence-corrected chi connectivity index (χ2v) is 13.1. The maximum atomic E-state index is 15.5. The number of carbonyl (C=O) groups excluding carboxylic acids is 4. The Hall–Kier alpha value is -5.96. The average Bonchev–Trinajstić information content (AvgIpc) is 3.11. The predicted molar refractivity (Wildman–Crippen MR) is 191 cm³/mol. The van der Waals surface area contributed by atoms with Crippen molar-refractivity contribution in [2.45, 2.75) is 70.9 Å². The molecular formula is C38H41F2N5O8. The van der Waals surface area contributed by atoms with Gasteiger partial charge < -0.3 is 25.2 Å². The van der Waals surface area contributed by atoms with Gasteiger partial charge in [-0.2, -0.15) is 8.78 Å². The van der Waals surface area contributed by atoms with Crippen molar-refractivity contribution in [2.75, 3.05) is 11.9 Å². The first-order valence-corrected chi connectivity index (χ1v) is 16.6. The summed E-state index contributed by atoms with van der Waals surface area (Å²) in [6.07, 6.45) is -3.00. The van der Waals surface area contributed by atoms with E-state index in [0.717, 1.165) is 16.3 Å². The molecule has 53 heavy (non-hydrogen) atoms. The minimum absolute atomic E-state index is 0.0176. The summed E-state index contributed by atoms with van der Waals surface area (Å²) in [5, 5.41) is 17.4. The lowest BCUT2D eigenvalue weighted by molar-refractivity contribution is -0.170. The van der Waals surface area contributed by atoms with E-state index in [0.29, 0.717) is 16.7 Å². The summed E-state index contributed by atoms with van der Waals surface area (Å²) < 4.78 is 42.1. The molecule has 280 valence electrons. The van der Waals surface area contributed by atoms with Crippen LogP contribution in [0.4, 0.5) is 19.3 Å². The van der Waals surface area contributed by atoms with Crippen molar-refractivity contribution in [3.63, 3.8) is 0 Å². The van der Waals surface area contributed by atoms with Crippen molar-refractivity contribution in [1.29, 1.82) is 0 Å². The van der Waals surface area contributed by atoms with Gasteiger partial charge in [0.1, 0.15) is 42.9 Å². The third-order valence-corrected chi connectivity index (χ3v) is 7.59. The van der Waals surface area contributed by atoms with Crippen LogP contribution in [0.15, 0.2) is 95.9 Å². The highest BCUT2D eigenvalue weighted by atomic mass is 19.3. The number of hydrogen-bond donors (Lipinski definition) is 4. The van der Waals surface area contributed by atoms with Crippen LogP contribution in [0.25, 0.3) is 11.4 Å². The largest absolute Gasteiger partial charge is 0.459 e. The fraction of sp³-hybridized carbons (Fsp3) is 0.316. The van der Waals surface area contributed by atoms with Gasteiger partial charge in [0.05, 0.1) is 12.2 Å². The highest BCUT2D eigenvalue weighted by Gasteiger charge is 2.50. The van der Waals surface area contributed by atoms with Gasteiger partial charge in [-0.3, -0.25) is 29.1 Å². The summed E-state index contributed by atoms with van der Waals surface area (Å²) in [6, 6.07) is 22.0. The standard InChI is InChI=1S/C38H41F2N5O8/c1-24-12-11-17-27(18-24)33-41-20-29(44-36(51)52-23-26-15-9-6-10-16-26)34(49)45(33)22-30(46)43-28(19-25-13-7-5-8-14-25)32(48)38(39,40)35(50)42-21-31(47)53-37(2,3)4/h5-18,20,28,32,48H,19,21-23H2,1-4H3,(H,42,50)(H,43,46)(H,44,51). The van der Waals surface area contributed by atoms with Crippen molar-refractivity contribution >= 4 is 29.6 Å². The van der Waals surface area contributed by atoms with E-state index in [2.05, 4.69) is 15.6 Å². The lowest BCUT2D eigenvalue weighted by atomic mass is 9.96. The minimum Gasteiger partial charge on any atom is -0.459 e. The molecule has 1 heterocycles. The van der Waals surface area contributed by atoms with Crippen molar-refractivity contribution in [3.05, 3.63) is 118 Å². The van der Waals surface area contributed by atoms with Crippen LogP contribution in [0.2, 0.25) is 0 Å². The van der Waals surface area contributed by atoms with E-state index in [1.54, 1.807) is 118 Å². The number of anilines is 1. The predicted octanol–water partition coefficient (Wildman–Crippen LogP) is 4.15. The van der Waals surface area contributed by atoms with E-state index in [1.807, 2.05) is 0 Å². The third-order valence-electron chi connectivity index (χ3n) is 7.59. The van der Waals surface area contributed by atoms with Crippen molar-refractivity contribution in [3.8, 4) is 11.4 Å². The zero-order valence-corrected chi connectivity index (χ0v) is 29.6. The average molecular weight is 734 g/mol. The molecule has 0 aliphatic rings. The third kappa shape index (κ3) is 11.5. The van der Waals surface area contributed by atoms with Gasteiger partial charge in [0.2, 0.25) is 5.91 Å². The number of amides is 3. The molecule has 3 aromatic carbocycles. The number of esters is 1. The number of nitrogens with one attached hydrogen (secondary N) is 3. The number of aliphatic hydroxyl groups excluding tert-OH is 1. The van der Waals surface area contributed by atoms with E-state index >= 15 is 8.78 Å². The number of carbonyl (C=O) groups is 4. The monoisotopic (exact) mass is 733 g/mol. The highest BCUT2D eigenvalue weighted by molar-refractivity contribution is 5.88. The fourth-order valence-electron chi connectivity index (χ4n) is 5.15. The number of rotatable bonds is 14. The maximum absolute atomic E-state index is 15.5. The Balaban J connectivity index is 1.60. The van der Waals surface area contributed by atoms with Gasteiger partial charge in [0.25, 0.3) is 11.5 Å². The molecule has 0 radical (unpaired) electrons. The Bertz CT molecular complexity index is 1970. The number of aryl methyl sites for hydroxylation is 1. The second kappa shape index (κ2) is 17.5. The summed E-state index contributed by atoms with van der Waals surface area (Å²) in [4.78, 5) is 69.0. The number of halogens is 2. The minimum atomic E-state index is -4.50. The zero-order chi connectivity index (χ0) is 38.8. The maximum Gasteiger partial charge on any atom is 0.412 e. The second-order valence-electron chi connectivity index (χ2n) is 13.1. The Labute approximate surface area is 304 Å². The van der Waals surface area contributed by atoms with Crippen LogP contribution in [0.1, 0.15) is 37.5 Å². The molecule has 0 saturated carbocycles. The number of nitrogens with zero attached hydrogens (tertiary/aromatic N) is 2. The first-order valence-electron chi connectivity index (χ1n) is 16.6. The van der Waals surface area contributed by atoms with Crippen molar-refractivity contribution in [2.24, 2.45) is 0 Å². The number of aromatic nitrogens is 2. The molecular weight excluding hydrogens is 692 g/mol. The Kier molecular flexibility index (Phi) is 13.2. The van der Waals surface area contributed by atoms with E-state index in [-0.39, 0.29) is 24.5 Å². The van der Waals surface area contributed by atoms with Gasteiger partial charge >= 0.3 is 18.0 Å². The SMILES string of the molecule is Cc1cccc(-c2ncc(NC(=O)OCc3ccccc3)c(=O)n2CC(=O)NC(Cc2ccccc2)C(O)C(F)(F)C(=O)NCC(=O)OC(C)(C)C)c1. The quantitative estimate of drug-likeness (QED) is 0.139. The molecule has 4 rings (SSSR count). The van der Waals surface area contributed by atoms with Crippen LogP contribution in [0, 0.1) is 6.92 Å². The van der Waals surface area contributed by atoms with Crippen LogP contribution in [-0.4, -0.2) is 68.7 Å².